The van der Waals surface area contributed by atoms with Gasteiger partial charge in [-0.3, -0.25) is 0 Å². The lowest BCUT2D eigenvalue weighted by atomic mass is 9.72. The summed E-state index contributed by atoms with van der Waals surface area (Å²) in [5.74, 6) is -0.900. The molecule has 1 fully saturated rings. The second kappa shape index (κ2) is 6.74. The molecule has 1 aliphatic heterocycles. The van der Waals surface area contributed by atoms with Gasteiger partial charge < -0.3 is 14.9 Å². The van der Waals surface area contributed by atoms with Crippen LogP contribution < -0.4 is 0 Å². The summed E-state index contributed by atoms with van der Waals surface area (Å²) in [4.78, 5) is 1.33. The molecule has 1 saturated heterocycles. The van der Waals surface area contributed by atoms with E-state index in [1.807, 2.05) is 67.6 Å². The highest BCUT2D eigenvalue weighted by Crippen LogP contribution is 2.46. The van der Waals surface area contributed by atoms with Crippen molar-refractivity contribution in [2.45, 2.75) is 29.4 Å². The van der Waals surface area contributed by atoms with E-state index in [0.717, 1.165) is 11.1 Å². The highest BCUT2D eigenvalue weighted by molar-refractivity contribution is 7.89. The lowest BCUT2D eigenvalue weighted by molar-refractivity contribution is -0.101. The third-order valence-electron chi connectivity index (χ3n) is 5.38. The summed E-state index contributed by atoms with van der Waals surface area (Å²) in [6.07, 6.45) is 0.777. The third kappa shape index (κ3) is 2.85. The van der Waals surface area contributed by atoms with E-state index in [1.165, 1.54) is 0 Å². The smallest absolute Gasteiger partial charge is 0.123 e. The number of benzene rings is 2. The molecule has 0 radical (unpaired) electrons. The number of ether oxygens (including phenoxy) is 1. The van der Waals surface area contributed by atoms with Crippen molar-refractivity contribution in [3.63, 3.8) is 0 Å². The standard InChI is InChI=1S/C21H22O4S/c1-14-7-9-17(10-8-14)26(24)18-11-16-12-25-13-21(16,23)20(22)19(18)15-5-3-2-4-6-15/h2-11,16,19-20,22-23H,12-13H2,1H3/t16-,19-,20+,21-,26-/m0/s1. The number of rotatable bonds is 3. The normalized spacial score (nSPS) is 32.0. The molecule has 0 unspecified atom stereocenters. The molecule has 0 bridgehead atoms. The molecular weight excluding hydrogens is 348 g/mol. The molecule has 136 valence electrons. The largest absolute Gasteiger partial charge is 0.389 e. The van der Waals surface area contributed by atoms with Crippen LogP contribution in [-0.2, 0) is 15.5 Å². The molecule has 2 aromatic rings. The van der Waals surface area contributed by atoms with Crippen molar-refractivity contribution in [3.8, 4) is 0 Å². The van der Waals surface area contributed by atoms with Gasteiger partial charge in [-0.05, 0) is 24.6 Å². The predicted octanol–water partition coefficient (Wildman–Crippen LogP) is 2.52. The SMILES string of the molecule is Cc1ccc([S@](=O)C2=C[C@H]3COC[C@@]3(O)[C@H](O)[C@H]2c2ccccc2)cc1. The number of hydrogen-bond donors (Lipinski definition) is 2. The van der Waals surface area contributed by atoms with Crippen LogP contribution in [0.4, 0.5) is 0 Å². The van der Waals surface area contributed by atoms with Crippen LogP contribution in [0.15, 0.2) is 70.5 Å². The number of aliphatic hydroxyl groups is 2. The molecule has 0 saturated carbocycles. The Balaban J connectivity index is 1.82. The number of hydrogen-bond acceptors (Lipinski definition) is 4. The third-order valence-corrected chi connectivity index (χ3v) is 6.90. The van der Waals surface area contributed by atoms with Gasteiger partial charge >= 0.3 is 0 Å². The maximum atomic E-state index is 13.3. The van der Waals surface area contributed by atoms with Gasteiger partial charge in [0.15, 0.2) is 0 Å². The maximum Gasteiger partial charge on any atom is 0.123 e. The zero-order chi connectivity index (χ0) is 18.3. The molecule has 5 atom stereocenters. The first-order valence-electron chi connectivity index (χ1n) is 8.74. The molecule has 2 aromatic carbocycles. The maximum absolute atomic E-state index is 13.3. The lowest BCUT2D eigenvalue weighted by Crippen LogP contribution is -2.54. The Morgan fingerprint density at radius 3 is 2.50 bits per heavy atom. The molecule has 5 heteroatoms. The van der Waals surface area contributed by atoms with E-state index in [9.17, 15) is 14.4 Å². The van der Waals surface area contributed by atoms with Gasteiger partial charge in [0, 0.05) is 21.6 Å². The first kappa shape index (κ1) is 17.6. The van der Waals surface area contributed by atoms with E-state index in [0.29, 0.717) is 16.4 Å². The van der Waals surface area contributed by atoms with Gasteiger partial charge in [0.25, 0.3) is 0 Å². The Morgan fingerprint density at radius 2 is 1.81 bits per heavy atom. The van der Waals surface area contributed by atoms with Crippen molar-refractivity contribution in [3.05, 3.63) is 76.7 Å². The summed E-state index contributed by atoms with van der Waals surface area (Å²) in [5.41, 5.74) is 0.591. The topological polar surface area (TPSA) is 66.8 Å². The van der Waals surface area contributed by atoms with Gasteiger partial charge in [-0.1, -0.05) is 54.1 Å². The second-order valence-electron chi connectivity index (χ2n) is 7.10. The van der Waals surface area contributed by atoms with Crippen LogP contribution in [0.25, 0.3) is 0 Å². The molecule has 4 rings (SSSR count). The van der Waals surface area contributed by atoms with Crippen LogP contribution in [0.1, 0.15) is 17.0 Å². The summed E-state index contributed by atoms with van der Waals surface area (Å²) in [6.45, 7) is 2.39. The van der Waals surface area contributed by atoms with Crippen molar-refractivity contribution in [2.24, 2.45) is 5.92 Å². The molecule has 0 aromatic heterocycles. The molecule has 1 aliphatic carbocycles. The highest BCUT2D eigenvalue weighted by atomic mass is 32.2. The fraction of sp³-hybridized carbons (Fsp3) is 0.333. The van der Waals surface area contributed by atoms with E-state index in [2.05, 4.69) is 0 Å². The van der Waals surface area contributed by atoms with Crippen LogP contribution >= 0.6 is 0 Å². The van der Waals surface area contributed by atoms with E-state index in [1.54, 1.807) is 0 Å². The van der Waals surface area contributed by atoms with Gasteiger partial charge in [0.05, 0.1) is 30.1 Å². The minimum atomic E-state index is -1.42. The lowest BCUT2D eigenvalue weighted by Gasteiger charge is -2.41. The molecule has 2 aliphatic rings. The first-order valence-corrected chi connectivity index (χ1v) is 9.89. The number of fused-ring (bicyclic) bond motifs is 1. The second-order valence-corrected chi connectivity index (χ2v) is 8.58. The van der Waals surface area contributed by atoms with E-state index in [-0.39, 0.29) is 12.5 Å². The summed E-state index contributed by atoms with van der Waals surface area (Å²) in [6, 6.07) is 17.0. The minimum Gasteiger partial charge on any atom is -0.389 e. The van der Waals surface area contributed by atoms with Gasteiger partial charge in [-0.25, -0.2) is 4.21 Å². The Bertz CT molecular complexity index is 846. The zero-order valence-corrected chi connectivity index (χ0v) is 15.4. The van der Waals surface area contributed by atoms with Crippen LogP contribution in [0.5, 0.6) is 0 Å². The van der Waals surface area contributed by atoms with Crippen molar-refractivity contribution in [1.82, 2.24) is 0 Å². The molecule has 26 heavy (non-hydrogen) atoms. The summed E-state index contributed by atoms with van der Waals surface area (Å²) in [7, 11) is -1.42. The van der Waals surface area contributed by atoms with Crippen molar-refractivity contribution in [2.75, 3.05) is 13.2 Å². The number of aryl methyl sites for hydroxylation is 1. The minimum absolute atomic E-state index is 0.0864. The van der Waals surface area contributed by atoms with E-state index < -0.39 is 28.4 Å². The van der Waals surface area contributed by atoms with Crippen molar-refractivity contribution in [1.29, 1.82) is 0 Å². The Morgan fingerprint density at radius 1 is 1.12 bits per heavy atom. The first-order chi connectivity index (χ1) is 12.5. The Labute approximate surface area is 155 Å². The van der Waals surface area contributed by atoms with Gasteiger partial charge in [0.1, 0.15) is 5.60 Å². The van der Waals surface area contributed by atoms with Gasteiger partial charge in [-0.15, -0.1) is 0 Å². The van der Waals surface area contributed by atoms with E-state index in [4.69, 9.17) is 4.74 Å². The molecule has 0 amide bonds. The van der Waals surface area contributed by atoms with Gasteiger partial charge in [-0.2, -0.15) is 0 Å². The summed E-state index contributed by atoms with van der Waals surface area (Å²) >= 11 is 0. The molecular formula is C21H22O4S. The average Bonchev–Trinajstić information content (AvgIpc) is 3.04. The predicted molar refractivity (Wildman–Crippen MR) is 100 cm³/mol. The summed E-state index contributed by atoms with van der Waals surface area (Å²) in [5, 5.41) is 22.1. The van der Waals surface area contributed by atoms with E-state index >= 15 is 0 Å². The molecule has 2 N–H and O–H groups in total. The quantitative estimate of drug-likeness (QED) is 0.871. The number of aliphatic hydroxyl groups excluding tert-OH is 1. The monoisotopic (exact) mass is 370 g/mol. The fourth-order valence-electron chi connectivity index (χ4n) is 3.83. The van der Waals surface area contributed by atoms with Crippen LogP contribution in [0, 0.1) is 12.8 Å². The molecule has 0 spiro atoms. The fourth-order valence-corrected chi connectivity index (χ4v) is 5.26. The van der Waals surface area contributed by atoms with Gasteiger partial charge in [0.2, 0.25) is 0 Å². The van der Waals surface area contributed by atoms with Crippen LogP contribution in [-0.4, -0.2) is 39.3 Å². The van der Waals surface area contributed by atoms with Crippen molar-refractivity contribution >= 4 is 10.8 Å². The Hall–Kier alpha value is -1.79. The van der Waals surface area contributed by atoms with Crippen LogP contribution in [0.2, 0.25) is 0 Å². The highest BCUT2D eigenvalue weighted by Gasteiger charge is 2.54. The van der Waals surface area contributed by atoms with Crippen molar-refractivity contribution < 1.29 is 19.2 Å². The zero-order valence-electron chi connectivity index (χ0n) is 14.5. The Kier molecular flexibility index (Phi) is 4.57. The van der Waals surface area contributed by atoms with Crippen LogP contribution in [0.3, 0.4) is 0 Å². The summed E-state index contributed by atoms with van der Waals surface area (Å²) < 4.78 is 18.8. The molecule has 4 nitrogen and oxygen atoms in total. The molecule has 1 heterocycles. The average molecular weight is 370 g/mol.